The van der Waals surface area contributed by atoms with E-state index >= 15 is 0 Å². The van der Waals surface area contributed by atoms with Crippen LogP contribution in [0.4, 0.5) is 0 Å². The lowest BCUT2D eigenvalue weighted by atomic mass is 9.77. The fourth-order valence-electron chi connectivity index (χ4n) is 2.53. The molecule has 3 aromatic rings. The number of carbonyl (C=O) groups is 1. The van der Waals surface area contributed by atoms with E-state index in [1.165, 1.54) is 14.1 Å². The summed E-state index contributed by atoms with van der Waals surface area (Å²) in [5.41, 5.74) is -0.962. The number of tetrazole rings is 1. The molecule has 3 heterocycles. The van der Waals surface area contributed by atoms with Gasteiger partial charge in [-0.2, -0.15) is 0 Å². The Hall–Kier alpha value is -1.80. The van der Waals surface area contributed by atoms with Crippen molar-refractivity contribution in [2.24, 2.45) is 0 Å². The summed E-state index contributed by atoms with van der Waals surface area (Å²) >= 11 is 3.25. The summed E-state index contributed by atoms with van der Waals surface area (Å²) in [7, 11) is 0. The first-order chi connectivity index (χ1) is 9.71. The third-order valence-corrected chi connectivity index (χ3v) is 5.90. The van der Waals surface area contributed by atoms with Gasteiger partial charge >= 0.3 is 5.97 Å². The molecule has 102 valence electrons. The molecule has 0 saturated heterocycles. The highest BCUT2D eigenvalue weighted by Crippen LogP contribution is 2.43. The molecule has 4 rings (SSSR count). The van der Waals surface area contributed by atoms with Crippen LogP contribution in [0, 0.1) is 0 Å². The Bertz CT molecular complexity index is 771. The van der Waals surface area contributed by atoms with Crippen molar-refractivity contribution in [2.75, 3.05) is 0 Å². The molecule has 1 N–H and O–H groups in total. The third-order valence-electron chi connectivity index (χ3n) is 3.81. The number of aliphatic carboxylic acids is 1. The van der Waals surface area contributed by atoms with E-state index in [2.05, 4.69) is 21.6 Å². The number of carboxylic acids is 1. The standard InChI is InChI=1S/C12H10N4O2S2/c17-11(18)12(3-1-4-12)16-10(13-14-15-16)9-6-8-7(20-9)2-5-19-8/h2,5-6H,1,3-4H2,(H,17,18). The van der Waals surface area contributed by atoms with E-state index in [9.17, 15) is 9.90 Å². The van der Waals surface area contributed by atoms with Crippen molar-refractivity contribution in [3.63, 3.8) is 0 Å². The number of aromatic nitrogens is 4. The lowest BCUT2D eigenvalue weighted by molar-refractivity contribution is -0.153. The number of fused-ring (bicyclic) bond motifs is 1. The zero-order valence-electron chi connectivity index (χ0n) is 10.3. The Balaban J connectivity index is 1.86. The Labute approximate surface area is 121 Å². The Morgan fingerprint density at radius 3 is 2.90 bits per heavy atom. The van der Waals surface area contributed by atoms with Gasteiger partial charge in [0.1, 0.15) is 0 Å². The fraction of sp³-hybridized carbons (Fsp3) is 0.333. The second-order valence-corrected chi connectivity index (χ2v) is 6.90. The molecule has 8 heteroatoms. The average molecular weight is 306 g/mol. The minimum atomic E-state index is -0.962. The second-order valence-electron chi connectivity index (χ2n) is 4.86. The van der Waals surface area contributed by atoms with Crippen molar-refractivity contribution in [1.29, 1.82) is 0 Å². The lowest BCUT2D eigenvalue weighted by Gasteiger charge is -2.37. The van der Waals surface area contributed by atoms with E-state index in [1.54, 1.807) is 22.7 Å². The van der Waals surface area contributed by atoms with Gasteiger partial charge in [0, 0.05) is 9.40 Å². The summed E-state index contributed by atoms with van der Waals surface area (Å²) < 4.78 is 3.85. The molecule has 0 unspecified atom stereocenters. The van der Waals surface area contributed by atoms with Crippen LogP contribution in [0.1, 0.15) is 19.3 Å². The largest absolute Gasteiger partial charge is 0.479 e. The molecule has 0 spiro atoms. The summed E-state index contributed by atoms with van der Waals surface area (Å²) in [5.74, 6) is -0.295. The fourth-order valence-corrected chi connectivity index (χ4v) is 4.61. The molecule has 6 nitrogen and oxygen atoms in total. The van der Waals surface area contributed by atoms with Crippen molar-refractivity contribution in [1.82, 2.24) is 20.2 Å². The van der Waals surface area contributed by atoms with Crippen LogP contribution in [-0.2, 0) is 10.3 Å². The number of hydrogen-bond donors (Lipinski definition) is 1. The maximum absolute atomic E-state index is 11.6. The van der Waals surface area contributed by atoms with Gasteiger partial charge in [0.2, 0.25) is 0 Å². The predicted molar refractivity (Wildman–Crippen MR) is 76.0 cm³/mol. The quantitative estimate of drug-likeness (QED) is 0.804. The number of rotatable bonds is 3. The number of hydrogen-bond acceptors (Lipinski definition) is 6. The molecule has 0 amide bonds. The number of nitrogens with zero attached hydrogens (tertiary/aromatic N) is 4. The molecule has 0 aliphatic heterocycles. The van der Waals surface area contributed by atoms with Crippen LogP contribution in [-0.4, -0.2) is 31.3 Å². The maximum Gasteiger partial charge on any atom is 0.331 e. The molecule has 1 fully saturated rings. The second kappa shape index (κ2) is 4.10. The third kappa shape index (κ3) is 1.49. The molecule has 0 atom stereocenters. The summed E-state index contributed by atoms with van der Waals surface area (Å²) in [6.07, 6.45) is 2.06. The van der Waals surface area contributed by atoms with E-state index in [0.29, 0.717) is 18.7 Å². The minimum Gasteiger partial charge on any atom is -0.479 e. The smallest absolute Gasteiger partial charge is 0.331 e. The molecule has 1 aliphatic rings. The lowest BCUT2D eigenvalue weighted by Crippen LogP contribution is -2.48. The Kier molecular flexibility index (Phi) is 2.45. The SMILES string of the molecule is O=C(O)C1(n2nnnc2-c2cc3sccc3s2)CCC1. The molecule has 0 radical (unpaired) electrons. The molecule has 20 heavy (non-hydrogen) atoms. The van der Waals surface area contributed by atoms with Crippen LogP contribution in [0.2, 0.25) is 0 Å². The summed E-state index contributed by atoms with van der Waals surface area (Å²) in [6, 6.07) is 4.08. The van der Waals surface area contributed by atoms with Crippen LogP contribution >= 0.6 is 22.7 Å². The zero-order valence-corrected chi connectivity index (χ0v) is 11.9. The van der Waals surface area contributed by atoms with Gasteiger partial charge in [-0.15, -0.1) is 27.8 Å². The highest BCUT2D eigenvalue weighted by molar-refractivity contribution is 7.28. The number of thiophene rings is 2. The number of carboxylic acid groups (broad SMARTS) is 1. The van der Waals surface area contributed by atoms with Gasteiger partial charge in [0.15, 0.2) is 11.4 Å². The van der Waals surface area contributed by atoms with E-state index in [4.69, 9.17) is 0 Å². The highest BCUT2D eigenvalue weighted by Gasteiger charge is 2.49. The molecule has 1 saturated carbocycles. The van der Waals surface area contributed by atoms with Crippen LogP contribution in [0.3, 0.4) is 0 Å². The molecule has 1 aliphatic carbocycles. The summed E-state index contributed by atoms with van der Waals surface area (Å²) in [5, 5.41) is 23.2. The van der Waals surface area contributed by atoms with Crippen LogP contribution in [0.5, 0.6) is 0 Å². The summed E-state index contributed by atoms with van der Waals surface area (Å²) in [4.78, 5) is 12.5. The van der Waals surface area contributed by atoms with Gasteiger partial charge in [-0.05, 0) is 47.2 Å². The molecule has 0 bridgehead atoms. The van der Waals surface area contributed by atoms with Gasteiger partial charge in [-0.3, -0.25) is 0 Å². The topological polar surface area (TPSA) is 80.9 Å². The van der Waals surface area contributed by atoms with E-state index in [0.717, 1.165) is 11.3 Å². The first kappa shape index (κ1) is 12.0. The van der Waals surface area contributed by atoms with Crippen molar-refractivity contribution < 1.29 is 9.90 Å². The van der Waals surface area contributed by atoms with Gasteiger partial charge in [-0.1, -0.05) is 0 Å². The van der Waals surface area contributed by atoms with Crippen LogP contribution < -0.4 is 0 Å². The molecule has 0 aromatic carbocycles. The zero-order chi connectivity index (χ0) is 13.7. The van der Waals surface area contributed by atoms with Crippen LogP contribution in [0.15, 0.2) is 17.5 Å². The maximum atomic E-state index is 11.6. The van der Waals surface area contributed by atoms with Crippen LogP contribution in [0.25, 0.3) is 20.1 Å². The van der Waals surface area contributed by atoms with E-state index in [-0.39, 0.29) is 0 Å². The van der Waals surface area contributed by atoms with Gasteiger partial charge in [-0.25, -0.2) is 9.48 Å². The van der Waals surface area contributed by atoms with Gasteiger partial charge in [0.25, 0.3) is 0 Å². The highest BCUT2D eigenvalue weighted by atomic mass is 32.1. The molecule has 3 aromatic heterocycles. The first-order valence-electron chi connectivity index (χ1n) is 6.20. The normalized spacial score (nSPS) is 17.2. The van der Waals surface area contributed by atoms with E-state index < -0.39 is 11.5 Å². The minimum absolute atomic E-state index is 0.556. The van der Waals surface area contributed by atoms with Crippen molar-refractivity contribution in [3.8, 4) is 10.7 Å². The van der Waals surface area contributed by atoms with E-state index in [1.807, 2.05) is 11.4 Å². The van der Waals surface area contributed by atoms with Crippen molar-refractivity contribution in [3.05, 3.63) is 17.5 Å². The van der Waals surface area contributed by atoms with Crippen molar-refractivity contribution in [2.45, 2.75) is 24.8 Å². The van der Waals surface area contributed by atoms with Gasteiger partial charge < -0.3 is 5.11 Å². The predicted octanol–water partition coefficient (Wildman–Crippen LogP) is 2.58. The average Bonchev–Trinajstić information content (AvgIpc) is 2.98. The summed E-state index contributed by atoms with van der Waals surface area (Å²) in [6.45, 7) is 0. The molecular formula is C12H10N4O2S2. The Morgan fingerprint density at radius 1 is 1.40 bits per heavy atom. The Morgan fingerprint density at radius 2 is 2.25 bits per heavy atom. The monoisotopic (exact) mass is 306 g/mol. The molecular weight excluding hydrogens is 296 g/mol. The first-order valence-corrected chi connectivity index (χ1v) is 7.90. The van der Waals surface area contributed by atoms with Gasteiger partial charge in [0.05, 0.1) is 4.88 Å². The van der Waals surface area contributed by atoms with Crippen molar-refractivity contribution >= 4 is 38.0 Å².